The molecule has 0 fully saturated rings. The summed E-state index contributed by atoms with van der Waals surface area (Å²) in [5.41, 5.74) is 1.08. The lowest BCUT2D eigenvalue weighted by atomic mass is 9.78. The molecule has 2 aromatic carbocycles. The van der Waals surface area contributed by atoms with E-state index in [2.05, 4.69) is 34.6 Å². The van der Waals surface area contributed by atoms with Crippen LogP contribution in [0.1, 0.15) is 30.9 Å². The molecule has 2 aromatic rings. The summed E-state index contributed by atoms with van der Waals surface area (Å²) < 4.78 is 1.63. The highest BCUT2D eigenvalue weighted by atomic mass is 79.9. The largest absolute Gasteiger partial charge is 0.396 e. The maximum atomic E-state index is 9.37. The Labute approximate surface area is 163 Å². The van der Waals surface area contributed by atoms with Gasteiger partial charge in [0, 0.05) is 16.6 Å². The van der Waals surface area contributed by atoms with Crippen molar-refractivity contribution < 1.29 is 5.11 Å². The summed E-state index contributed by atoms with van der Waals surface area (Å²) in [5.74, 6) is 0. The molecule has 1 N–H and O–H groups in total. The quantitative estimate of drug-likeness (QED) is 0.508. The lowest BCUT2D eigenvalue weighted by Crippen LogP contribution is -2.22. The van der Waals surface area contributed by atoms with Crippen LogP contribution in [0.4, 0.5) is 0 Å². The fourth-order valence-corrected chi connectivity index (χ4v) is 2.93. The van der Waals surface area contributed by atoms with Crippen LogP contribution in [0, 0.1) is 11.3 Å². The zero-order chi connectivity index (χ0) is 18.0. The Balaban J connectivity index is 0.000000341. The van der Waals surface area contributed by atoms with Gasteiger partial charge in [-0.3, -0.25) is 0 Å². The van der Waals surface area contributed by atoms with Gasteiger partial charge in [0.1, 0.15) is 0 Å². The van der Waals surface area contributed by atoms with Gasteiger partial charge in [-0.05, 0) is 37.5 Å². The number of rotatable bonds is 5. The standard InChI is InChI=1S/C13H15NOS2.C6H5Br/c1-13(9-14,7-4-8-15)11-6-3-2-5-10(11)12(16)17;7-6-4-2-1-3-5-6/h2-3,5-6,15H,4,7-8H2,1H3,(H,16,17);1-5H. The number of nitriles is 1. The molecule has 0 aliphatic rings. The van der Waals surface area contributed by atoms with Crippen LogP contribution in [-0.4, -0.2) is 15.9 Å². The molecule has 5 heteroatoms. The third kappa shape index (κ3) is 6.37. The molecule has 0 saturated carbocycles. The molecule has 0 bridgehead atoms. The van der Waals surface area contributed by atoms with Crippen molar-refractivity contribution in [3.8, 4) is 6.07 Å². The van der Waals surface area contributed by atoms with Gasteiger partial charge in [0.05, 0.1) is 15.7 Å². The van der Waals surface area contributed by atoms with E-state index in [0.29, 0.717) is 17.0 Å². The zero-order valence-corrected chi connectivity index (χ0v) is 16.7. The maximum absolute atomic E-state index is 9.37. The molecular formula is C19H20BrNOS2. The maximum Gasteiger partial charge on any atom is 0.0801 e. The Morgan fingerprint density at radius 3 is 2.25 bits per heavy atom. The van der Waals surface area contributed by atoms with Gasteiger partial charge < -0.3 is 5.11 Å². The van der Waals surface area contributed by atoms with E-state index in [1.165, 1.54) is 0 Å². The highest BCUT2D eigenvalue weighted by molar-refractivity contribution is 9.10. The van der Waals surface area contributed by atoms with Crippen LogP contribution in [0.2, 0.25) is 0 Å². The summed E-state index contributed by atoms with van der Waals surface area (Å²) in [7, 11) is 0. The Bertz CT molecular complexity index is 700. The first-order valence-corrected chi connectivity index (χ1v) is 9.15. The van der Waals surface area contributed by atoms with E-state index in [1.807, 2.05) is 61.5 Å². The van der Waals surface area contributed by atoms with E-state index >= 15 is 0 Å². The smallest absolute Gasteiger partial charge is 0.0801 e. The number of thiol groups is 1. The van der Waals surface area contributed by atoms with Crippen molar-refractivity contribution in [1.82, 2.24) is 0 Å². The van der Waals surface area contributed by atoms with E-state index in [-0.39, 0.29) is 6.61 Å². The topological polar surface area (TPSA) is 44.0 Å². The van der Waals surface area contributed by atoms with Crippen molar-refractivity contribution >= 4 is 45.0 Å². The molecule has 0 aliphatic heterocycles. The van der Waals surface area contributed by atoms with E-state index in [9.17, 15) is 5.26 Å². The van der Waals surface area contributed by atoms with E-state index in [1.54, 1.807) is 0 Å². The van der Waals surface area contributed by atoms with Gasteiger partial charge in [0.15, 0.2) is 0 Å². The molecule has 1 unspecified atom stereocenters. The van der Waals surface area contributed by atoms with Gasteiger partial charge >= 0.3 is 0 Å². The van der Waals surface area contributed by atoms with Crippen molar-refractivity contribution in [2.24, 2.45) is 0 Å². The number of aliphatic hydroxyl groups excluding tert-OH is 1. The van der Waals surface area contributed by atoms with Gasteiger partial charge in [-0.15, -0.1) is 12.6 Å². The Kier molecular flexibility index (Phi) is 9.24. The van der Waals surface area contributed by atoms with Crippen LogP contribution in [0.15, 0.2) is 59.1 Å². The van der Waals surface area contributed by atoms with Crippen LogP contribution < -0.4 is 0 Å². The van der Waals surface area contributed by atoms with Gasteiger partial charge in [0.2, 0.25) is 0 Å². The molecular weight excluding hydrogens is 402 g/mol. The lowest BCUT2D eigenvalue weighted by molar-refractivity contribution is 0.274. The van der Waals surface area contributed by atoms with Gasteiger partial charge in [-0.1, -0.05) is 70.6 Å². The molecule has 0 radical (unpaired) electrons. The normalized spacial score (nSPS) is 12.3. The molecule has 1 atom stereocenters. The molecule has 24 heavy (non-hydrogen) atoms. The van der Waals surface area contributed by atoms with Crippen LogP contribution in [0.3, 0.4) is 0 Å². The first kappa shape index (κ1) is 20.9. The lowest BCUT2D eigenvalue weighted by Gasteiger charge is -2.24. The highest BCUT2D eigenvalue weighted by Gasteiger charge is 2.28. The zero-order valence-electron chi connectivity index (χ0n) is 13.4. The first-order chi connectivity index (χ1) is 11.4. The third-order valence-corrected chi connectivity index (χ3v) is 4.56. The minimum atomic E-state index is -0.633. The Hall–Kier alpha value is -1.19. The van der Waals surface area contributed by atoms with Crippen LogP contribution in [0.5, 0.6) is 0 Å². The number of aliphatic hydroxyl groups is 1. The van der Waals surface area contributed by atoms with Gasteiger partial charge in [-0.2, -0.15) is 5.26 Å². The van der Waals surface area contributed by atoms with Crippen LogP contribution in [0.25, 0.3) is 0 Å². The molecule has 0 amide bonds. The number of halogens is 1. The first-order valence-electron chi connectivity index (χ1n) is 7.50. The highest BCUT2D eigenvalue weighted by Crippen LogP contribution is 2.31. The van der Waals surface area contributed by atoms with E-state index in [0.717, 1.165) is 15.6 Å². The molecule has 2 nitrogen and oxygen atoms in total. The molecule has 0 aromatic heterocycles. The second-order valence-electron chi connectivity index (χ2n) is 5.42. The Morgan fingerprint density at radius 2 is 1.79 bits per heavy atom. The Morgan fingerprint density at radius 1 is 1.21 bits per heavy atom. The fourth-order valence-electron chi connectivity index (χ4n) is 2.25. The van der Waals surface area contributed by atoms with Gasteiger partial charge in [0.25, 0.3) is 0 Å². The number of hydrogen-bond donors (Lipinski definition) is 2. The second-order valence-corrected chi connectivity index (χ2v) is 7.49. The molecule has 126 valence electrons. The predicted octanol–water partition coefficient (Wildman–Crippen LogP) is 5.29. The van der Waals surface area contributed by atoms with Gasteiger partial charge in [-0.25, -0.2) is 0 Å². The molecule has 0 spiro atoms. The monoisotopic (exact) mass is 421 g/mol. The van der Waals surface area contributed by atoms with Crippen molar-refractivity contribution in [3.63, 3.8) is 0 Å². The molecule has 0 aliphatic carbocycles. The molecule has 0 saturated heterocycles. The number of hydrogen-bond acceptors (Lipinski definition) is 3. The van der Waals surface area contributed by atoms with E-state index < -0.39 is 5.41 Å². The average Bonchev–Trinajstić information content (AvgIpc) is 2.61. The minimum Gasteiger partial charge on any atom is -0.396 e. The fraction of sp³-hybridized carbons (Fsp3) is 0.263. The predicted molar refractivity (Wildman–Crippen MR) is 111 cm³/mol. The number of benzene rings is 2. The summed E-state index contributed by atoms with van der Waals surface area (Å²) in [5, 5.41) is 18.3. The van der Waals surface area contributed by atoms with Crippen molar-refractivity contribution in [2.75, 3.05) is 6.61 Å². The van der Waals surface area contributed by atoms with Crippen molar-refractivity contribution in [3.05, 3.63) is 70.2 Å². The second kappa shape index (κ2) is 10.6. The molecule has 0 heterocycles. The number of nitrogens with zero attached hydrogens (tertiary/aromatic N) is 1. The van der Waals surface area contributed by atoms with Crippen molar-refractivity contribution in [2.45, 2.75) is 25.2 Å². The SMILES string of the molecule is Brc1ccccc1.CC(C#N)(CCCO)c1ccccc1C(=S)S. The van der Waals surface area contributed by atoms with Crippen molar-refractivity contribution in [1.29, 1.82) is 5.26 Å². The summed E-state index contributed by atoms with van der Waals surface area (Å²) in [6.45, 7) is 1.96. The summed E-state index contributed by atoms with van der Waals surface area (Å²) in [6.07, 6.45) is 1.20. The minimum absolute atomic E-state index is 0.0881. The van der Waals surface area contributed by atoms with Crippen LogP contribution >= 0.6 is 40.8 Å². The van der Waals surface area contributed by atoms with Crippen LogP contribution in [-0.2, 0) is 5.41 Å². The van der Waals surface area contributed by atoms with E-state index in [4.69, 9.17) is 17.3 Å². The molecule has 2 rings (SSSR count). The average molecular weight is 422 g/mol. The summed E-state index contributed by atoms with van der Waals surface area (Å²) in [4.78, 5) is 0. The summed E-state index contributed by atoms with van der Waals surface area (Å²) >= 11 is 12.6. The number of thiocarbonyl (C=S) groups is 1. The third-order valence-electron chi connectivity index (χ3n) is 3.57. The summed E-state index contributed by atoms with van der Waals surface area (Å²) in [6, 6.07) is 19.8.